The van der Waals surface area contributed by atoms with E-state index in [0.29, 0.717) is 11.5 Å². The lowest BCUT2D eigenvalue weighted by molar-refractivity contribution is 0.620. The number of oxazole rings is 1. The zero-order chi connectivity index (χ0) is 36.3. The fraction of sp³-hybridized carbons (Fsp3) is 0.0200. The van der Waals surface area contributed by atoms with Crippen LogP contribution >= 0.6 is 0 Å². The summed E-state index contributed by atoms with van der Waals surface area (Å²) < 4.78 is 20.2. The molecule has 0 saturated carbocycles. The van der Waals surface area contributed by atoms with E-state index in [1.807, 2.05) is 60.7 Å². The molecule has 5 nitrogen and oxygen atoms in total. The topological polar surface area (TPSA) is 55.6 Å². The molecule has 0 spiro atoms. The molecule has 1 atom stereocenters. The molecule has 0 N–H and O–H groups in total. The molecule has 0 saturated heterocycles. The average molecular weight is 709 g/mol. The van der Waals surface area contributed by atoms with Crippen LogP contribution in [0.5, 0.6) is 0 Å². The molecule has 0 fully saturated rings. The number of furan rings is 2. The minimum Gasteiger partial charge on any atom is -0.456 e. The van der Waals surface area contributed by atoms with Crippen molar-refractivity contribution in [1.82, 2.24) is 4.98 Å². The fourth-order valence-corrected chi connectivity index (χ4v) is 8.16. The molecule has 0 aliphatic carbocycles. The van der Waals surface area contributed by atoms with E-state index in [-0.39, 0.29) is 5.92 Å². The molecular weight excluding hydrogens is 677 g/mol. The Bertz CT molecular complexity index is 3160. The Kier molecular flexibility index (Phi) is 7.17. The quantitative estimate of drug-likeness (QED) is 0.154. The van der Waals surface area contributed by atoms with Gasteiger partial charge in [0.2, 0.25) is 5.89 Å². The normalized spacial score (nSPS) is 12.3. The van der Waals surface area contributed by atoms with Crippen LogP contribution in [0.2, 0.25) is 0 Å². The highest BCUT2D eigenvalue weighted by Crippen LogP contribution is 2.48. The van der Waals surface area contributed by atoms with Crippen molar-refractivity contribution in [3.8, 4) is 11.5 Å². The molecule has 0 radical (unpaired) electrons. The molecule has 260 valence electrons. The predicted octanol–water partition coefficient (Wildman–Crippen LogP) is 13.9. The van der Waals surface area contributed by atoms with Gasteiger partial charge in [0.05, 0.1) is 11.4 Å². The monoisotopic (exact) mass is 708 g/mol. The van der Waals surface area contributed by atoms with Gasteiger partial charge in [-0.05, 0) is 65.7 Å². The summed E-state index contributed by atoms with van der Waals surface area (Å²) >= 11 is 0. The minimum atomic E-state index is -0.204. The molecule has 0 aliphatic heterocycles. The Hall–Kier alpha value is -7.37. The zero-order valence-electron chi connectivity index (χ0n) is 29.6. The molecule has 3 heterocycles. The van der Waals surface area contributed by atoms with Crippen LogP contribution in [0.25, 0.3) is 66.4 Å². The number of nitrogens with zero attached hydrogens (tertiary/aromatic N) is 2. The Balaban J connectivity index is 1.23. The fourth-order valence-electron chi connectivity index (χ4n) is 8.16. The number of fused-ring (bicyclic) bond motifs is 7. The molecule has 55 heavy (non-hydrogen) atoms. The van der Waals surface area contributed by atoms with Crippen LogP contribution in [0.4, 0.5) is 17.1 Å². The van der Waals surface area contributed by atoms with Gasteiger partial charge in [-0.3, -0.25) is 0 Å². The maximum Gasteiger partial charge on any atom is 0.227 e. The second-order valence-electron chi connectivity index (χ2n) is 13.9. The van der Waals surface area contributed by atoms with E-state index in [9.17, 15) is 0 Å². The molecule has 3 aromatic heterocycles. The molecular formula is C50H32N2O3. The van der Waals surface area contributed by atoms with E-state index in [2.05, 4.69) is 132 Å². The predicted molar refractivity (Wildman–Crippen MR) is 223 cm³/mol. The van der Waals surface area contributed by atoms with Gasteiger partial charge in [0.15, 0.2) is 11.2 Å². The third kappa shape index (κ3) is 5.12. The highest BCUT2D eigenvalue weighted by atomic mass is 16.4. The van der Waals surface area contributed by atoms with Gasteiger partial charge in [-0.1, -0.05) is 133 Å². The molecule has 0 aliphatic rings. The summed E-state index contributed by atoms with van der Waals surface area (Å²) in [4.78, 5) is 7.45. The smallest absolute Gasteiger partial charge is 0.227 e. The summed E-state index contributed by atoms with van der Waals surface area (Å²) in [5.41, 5.74) is 11.7. The highest BCUT2D eigenvalue weighted by molar-refractivity contribution is 6.11. The van der Waals surface area contributed by atoms with Gasteiger partial charge >= 0.3 is 0 Å². The van der Waals surface area contributed by atoms with Crippen molar-refractivity contribution in [3.05, 3.63) is 205 Å². The maximum atomic E-state index is 6.83. The summed E-state index contributed by atoms with van der Waals surface area (Å²) in [6, 6.07) is 64.9. The van der Waals surface area contributed by atoms with E-state index in [4.69, 9.17) is 18.2 Å². The number of hydrogen-bond acceptors (Lipinski definition) is 5. The van der Waals surface area contributed by atoms with Crippen LogP contribution < -0.4 is 4.90 Å². The van der Waals surface area contributed by atoms with Crippen LogP contribution in [0, 0.1) is 0 Å². The van der Waals surface area contributed by atoms with Crippen LogP contribution in [-0.2, 0) is 0 Å². The van der Waals surface area contributed by atoms with Crippen LogP contribution in [0.3, 0.4) is 0 Å². The molecule has 1 unspecified atom stereocenters. The minimum absolute atomic E-state index is 0.204. The van der Waals surface area contributed by atoms with Crippen molar-refractivity contribution in [3.63, 3.8) is 0 Å². The Morgan fingerprint density at radius 2 is 1.00 bits per heavy atom. The van der Waals surface area contributed by atoms with E-state index in [1.165, 1.54) is 0 Å². The van der Waals surface area contributed by atoms with Crippen molar-refractivity contribution < 1.29 is 13.3 Å². The van der Waals surface area contributed by atoms with Gasteiger partial charge in [0, 0.05) is 44.3 Å². The number of para-hydroxylation sites is 5. The lowest BCUT2D eigenvalue weighted by atomic mass is 9.84. The number of hydrogen-bond donors (Lipinski definition) is 0. The SMILES string of the molecule is c1ccc(-c2nc3cc(C(c4ccccc4)c4cccc5c4oc4ccccc45)cc(N(c4ccccc4)c4cccc5c4oc4ccccc45)c3o2)cc1. The molecule has 11 rings (SSSR count). The van der Waals surface area contributed by atoms with Crippen molar-refractivity contribution in [1.29, 1.82) is 0 Å². The lowest BCUT2D eigenvalue weighted by Crippen LogP contribution is -2.12. The number of benzene rings is 8. The Morgan fingerprint density at radius 1 is 0.418 bits per heavy atom. The van der Waals surface area contributed by atoms with Crippen molar-refractivity contribution >= 4 is 72.0 Å². The van der Waals surface area contributed by atoms with Crippen LogP contribution in [0.15, 0.2) is 201 Å². The van der Waals surface area contributed by atoms with Crippen molar-refractivity contribution in [2.24, 2.45) is 0 Å². The van der Waals surface area contributed by atoms with Gasteiger partial charge in [-0.2, -0.15) is 0 Å². The van der Waals surface area contributed by atoms with E-state index in [1.54, 1.807) is 0 Å². The molecule has 8 aromatic carbocycles. The van der Waals surface area contributed by atoms with E-state index in [0.717, 1.165) is 88.7 Å². The van der Waals surface area contributed by atoms with Gasteiger partial charge in [-0.25, -0.2) is 4.98 Å². The van der Waals surface area contributed by atoms with Crippen molar-refractivity contribution in [2.45, 2.75) is 5.92 Å². The molecule has 0 amide bonds. The van der Waals surface area contributed by atoms with Crippen LogP contribution in [-0.4, -0.2) is 4.98 Å². The summed E-state index contributed by atoms with van der Waals surface area (Å²) in [6.45, 7) is 0. The van der Waals surface area contributed by atoms with Gasteiger partial charge in [0.1, 0.15) is 22.3 Å². The first kappa shape index (κ1) is 31.2. The number of aromatic nitrogens is 1. The first-order chi connectivity index (χ1) is 27.3. The van der Waals surface area contributed by atoms with Gasteiger partial charge in [0.25, 0.3) is 0 Å². The third-order valence-electron chi connectivity index (χ3n) is 10.6. The van der Waals surface area contributed by atoms with Crippen molar-refractivity contribution in [2.75, 3.05) is 4.90 Å². The number of anilines is 3. The second-order valence-corrected chi connectivity index (χ2v) is 13.9. The third-order valence-corrected chi connectivity index (χ3v) is 10.6. The van der Waals surface area contributed by atoms with Crippen LogP contribution in [0.1, 0.15) is 22.6 Å². The summed E-state index contributed by atoms with van der Waals surface area (Å²) in [7, 11) is 0. The standard InChI is InChI=1S/C50H32N2O3/c1-4-16-32(17-5-1)46(40-26-14-24-38-36-22-10-12-28-44(36)53-47(38)40)34-30-41-49(55-50(51-41)33-18-6-2-7-19-33)43(31-34)52(35-20-8-3-9-21-35)42-27-15-25-39-37-23-11-13-29-45(37)54-48(39)42/h1-31,46H. The Labute approximate surface area is 316 Å². The average Bonchev–Trinajstić information content (AvgIpc) is 3.97. The summed E-state index contributed by atoms with van der Waals surface area (Å²) in [5, 5.41) is 4.30. The number of rotatable bonds is 7. The summed E-state index contributed by atoms with van der Waals surface area (Å²) in [6.07, 6.45) is 0. The van der Waals surface area contributed by atoms with E-state index < -0.39 is 0 Å². The summed E-state index contributed by atoms with van der Waals surface area (Å²) in [5.74, 6) is 0.352. The molecule has 5 heteroatoms. The van der Waals surface area contributed by atoms with E-state index >= 15 is 0 Å². The first-order valence-corrected chi connectivity index (χ1v) is 18.5. The Morgan fingerprint density at radius 3 is 1.73 bits per heavy atom. The first-order valence-electron chi connectivity index (χ1n) is 18.5. The zero-order valence-corrected chi connectivity index (χ0v) is 29.6. The van der Waals surface area contributed by atoms with Gasteiger partial charge in [-0.15, -0.1) is 0 Å². The second kappa shape index (κ2) is 12.6. The lowest BCUT2D eigenvalue weighted by Gasteiger charge is -2.27. The molecule has 0 bridgehead atoms. The van der Waals surface area contributed by atoms with Gasteiger partial charge < -0.3 is 18.2 Å². The highest BCUT2D eigenvalue weighted by Gasteiger charge is 2.28. The largest absolute Gasteiger partial charge is 0.456 e. The maximum absolute atomic E-state index is 6.83. The molecule has 11 aromatic rings.